The lowest BCUT2D eigenvalue weighted by molar-refractivity contribution is 0.484. The molecule has 1 heterocycles. The van der Waals surface area contributed by atoms with Crippen LogP contribution in [0.3, 0.4) is 0 Å². The van der Waals surface area contributed by atoms with Gasteiger partial charge in [0.15, 0.2) is 0 Å². The van der Waals surface area contributed by atoms with Gasteiger partial charge in [0, 0.05) is 11.4 Å². The van der Waals surface area contributed by atoms with Crippen molar-refractivity contribution in [3.05, 3.63) is 29.8 Å². The SMILES string of the molecule is N[S+]([O-])C1CCCCC1.c1ccc2scnc2c1. The molecule has 18 heavy (non-hydrogen) atoms. The number of benzene rings is 1. The van der Waals surface area contributed by atoms with Crippen molar-refractivity contribution in [2.45, 2.75) is 37.4 Å². The number of aromatic nitrogens is 1. The number of hydrogen-bond donors (Lipinski definition) is 1. The maximum Gasteiger partial charge on any atom is 0.135 e. The van der Waals surface area contributed by atoms with Gasteiger partial charge in [0.1, 0.15) is 5.25 Å². The molecule has 98 valence electrons. The molecule has 0 aliphatic heterocycles. The van der Waals surface area contributed by atoms with E-state index >= 15 is 0 Å². The fraction of sp³-hybridized carbons (Fsp3) is 0.462. The van der Waals surface area contributed by atoms with Crippen molar-refractivity contribution in [2.24, 2.45) is 5.14 Å². The molecule has 3 rings (SSSR count). The first kappa shape index (κ1) is 13.8. The summed E-state index contributed by atoms with van der Waals surface area (Å²) in [6, 6.07) is 8.13. The molecule has 1 unspecified atom stereocenters. The van der Waals surface area contributed by atoms with Crippen LogP contribution in [0.4, 0.5) is 0 Å². The minimum atomic E-state index is -1.05. The molecule has 1 aliphatic rings. The molecule has 5 heteroatoms. The van der Waals surface area contributed by atoms with Gasteiger partial charge in [-0.3, -0.25) is 0 Å². The highest BCUT2D eigenvalue weighted by Crippen LogP contribution is 2.21. The van der Waals surface area contributed by atoms with E-state index in [1.165, 1.54) is 24.0 Å². The molecule has 0 bridgehead atoms. The first-order chi connectivity index (χ1) is 8.77. The maximum absolute atomic E-state index is 10.7. The van der Waals surface area contributed by atoms with Gasteiger partial charge in [-0.2, -0.15) is 5.14 Å². The fourth-order valence-electron chi connectivity index (χ4n) is 2.10. The number of fused-ring (bicyclic) bond motifs is 1. The van der Waals surface area contributed by atoms with E-state index in [1.807, 2.05) is 23.7 Å². The van der Waals surface area contributed by atoms with E-state index in [-0.39, 0.29) is 0 Å². The molecule has 0 radical (unpaired) electrons. The van der Waals surface area contributed by atoms with Gasteiger partial charge in [0.2, 0.25) is 0 Å². The average molecular weight is 282 g/mol. The highest BCUT2D eigenvalue weighted by molar-refractivity contribution is 7.89. The van der Waals surface area contributed by atoms with E-state index in [4.69, 9.17) is 5.14 Å². The summed E-state index contributed by atoms with van der Waals surface area (Å²) >= 11 is 0.624. The highest BCUT2D eigenvalue weighted by Gasteiger charge is 2.21. The second-order valence-corrected chi connectivity index (χ2v) is 6.62. The number of thiazole rings is 1. The zero-order valence-corrected chi connectivity index (χ0v) is 11.9. The molecule has 1 aromatic heterocycles. The standard InChI is InChI=1S/C7H5NS.C6H13NOS/c1-2-4-7-6(3-1)8-5-9-7;7-9(8)6-4-2-1-3-5-6/h1-5H;6H,1-5,7H2. The summed E-state index contributed by atoms with van der Waals surface area (Å²) in [4.78, 5) is 4.14. The zero-order chi connectivity index (χ0) is 12.8. The van der Waals surface area contributed by atoms with Crippen LogP contribution in [0.5, 0.6) is 0 Å². The molecular weight excluding hydrogens is 264 g/mol. The van der Waals surface area contributed by atoms with Crippen LogP contribution in [0.15, 0.2) is 29.8 Å². The highest BCUT2D eigenvalue weighted by atomic mass is 32.2. The van der Waals surface area contributed by atoms with Gasteiger partial charge >= 0.3 is 0 Å². The lowest BCUT2D eigenvalue weighted by Crippen LogP contribution is -2.30. The molecule has 2 aromatic rings. The van der Waals surface area contributed by atoms with Crippen molar-refractivity contribution in [3.63, 3.8) is 0 Å². The van der Waals surface area contributed by atoms with Gasteiger partial charge in [-0.15, -0.1) is 11.3 Å². The Kier molecular flexibility index (Phi) is 5.44. The molecule has 0 saturated heterocycles. The Bertz CT molecular complexity index is 436. The number of nitrogens with zero attached hydrogens (tertiary/aromatic N) is 1. The summed E-state index contributed by atoms with van der Waals surface area (Å²) in [6.07, 6.45) is 5.88. The van der Waals surface area contributed by atoms with Crippen molar-refractivity contribution < 1.29 is 4.55 Å². The summed E-state index contributed by atoms with van der Waals surface area (Å²) in [5, 5.41) is 5.54. The van der Waals surface area contributed by atoms with Crippen molar-refractivity contribution in [2.75, 3.05) is 0 Å². The van der Waals surface area contributed by atoms with Gasteiger partial charge in [0.05, 0.1) is 15.7 Å². The predicted molar refractivity (Wildman–Crippen MR) is 78.8 cm³/mol. The summed E-state index contributed by atoms with van der Waals surface area (Å²) in [7, 11) is 0. The molecule has 1 aromatic carbocycles. The molecule has 0 spiro atoms. The van der Waals surface area contributed by atoms with Gasteiger partial charge in [-0.25, -0.2) is 4.98 Å². The van der Waals surface area contributed by atoms with Crippen molar-refractivity contribution in [3.8, 4) is 0 Å². The summed E-state index contributed by atoms with van der Waals surface area (Å²) in [5.41, 5.74) is 2.97. The summed E-state index contributed by atoms with van der Waals surface area (Å²) in [6.45, 7) is 0. The summed E-state index contributed by atoms with van der Waals surface area (Å²) < 4.78 is 11.9. The third kappa shape index (κ3) is 3.95. The Labute approximate surface area is 115 Å². The van der Waals surface area contributed by atoms with Crippen molar-refractivity contribution >= 4 is 32.9 Å². The number of rotatable bonds is 1. The number of hydrogen-bond acceptors (Lipinski definition) is 4. The third-order valence-electron chi connectivity index (χ3n) is 3.12. The molecule has 3 nitrogen and oxygen atoms in total. The average Bonchev–Trinajstić information content (AvgIpc) is 2.89. The second-order valence-electron chi connectivity index (χ2n) is 4.41. The normalized spacial score (nSPS) is 18.1. The Hall–Kier alpha value is -0.620. The van der Waals surface area contributed by atoms with E-state index in [1.54, 1.807) is 11.3 Å². The van der Waals surface area contributed by atoms with Gasteiger partial charge in [-0.1, -0.05) is 18.6 Å². The van der Waals surface area contributed by atoms with Crippen molar-refractivity contribution in [1.82, 2.24) is 4.98 Å². The predicted octanol–water partition coefficient (Wildman–Crippen LogP) is 3.24. The largest absolute Gasteiger partial charge is 0.598 e. The van der Waals surface area contributed by atoms with Crippen LogP contribution in [0.25, 0.3) is 10.2 Å². The fourth-order valence-corrected chi connectivity index (χ4v) is 3.58. The molecule has 1 fully saturated rings. The van der Waals surface area contributed by atoms with Crippen LogP contribution in [0.1, 0.15) is 32.1 Å². The molecule has 1 atom stereocenters. The van der Waals surface area contributed by atoms with Crippen LogP contribution >= 0.6 is 11.3 Å². The van der Waals surface area contributed by atoms with E-state index in [2.05, 4.69) is 11.1 Å². The lowest BCUT2D eigenvalue weighted by atomic mass is 10.0. The third-order valence-corrected chi connectivity index (χ3v) is 5.06. The monoisotopic (exact) mass is 282 g/mol. The van der Waals surface area contributed by atoms with E-state index in [9.17, 15) is 4.55 Å². The van der Waals surface area contributed by atoms with E-state index in [0.29, 0.717) is 5.25 Å². The van der Waals surface area contributed by atoms with Crippen LogP contribution in [0.2, 0.25) is 0 Å². The number of para-hydroxylation sites is 1. The molecule has 0 amide bonds. The minimum absolute atomic E-state index is 0.304. The van der Waals surface area contributed by atoms with Crippen LogP contribution < -0.4 is 5.14 Å². The van der Waals surface area contributed by atoms with Crippen LogP contribution in [0, 0.1) is 0 Å². The molecule has 2 N–H and O–H groups in total. The lowest BCUT2D eigenvalue weighted by Gasteiger charge is -2.20. The van der Waals surface area contributed by atoms with E-state index in [0.717, 1.165) is 18.4 Å². The smallest absolute Gasteiger partial charge is 0.135 e. The molecule has 1 saturated carbocycles. The first-order valence-electron chi connectivity index (χ1n) is 6.20. The van der Waals surface area contributed by atoms with Gasteiger partial charge in [0.25, 0.3) is 0 Å². The quantitative estimate of drug-likeness (QED) is 0.817. The van der Waals surface area contributed by atoms with E-state index < -0.39 is 11.4 Å². The van der Waals surface area contributed by atoms with Gasteiger partial charge in [-0.05, 0) is 37.8 Å². The maximum atomic E-state index is 10.7. The molecular formula is C13H18N2OS2. The first-order valence-corrected chi connectivity index (χ1v) is 8.36. The Morgan fingerprint density at radius 2 is 1.94 bits per heavy atom. The Morgan fingerprint density at radius 1 is 1.22 bits per heavy atom. The zero-order valence-electron chi connectivity index (χ0n) is 10.2. The van der Waals surface area contributed by atoms with Crippen LogP contribution in [-0.4, -0.2) is 14.8 Å². The van der Waals surface area contributed by atoms with Crippen molar-refractivity contribution in [1.29, 1.82) is 0 Å². The minimum Gasteiger partial charge on any atom is -0.598 e. The topological polar surface area (TPSA) is 62.0 Å². The van der Waals surface area contributed by atoms with Crippen LogP contribution in [-0.2, 0) is 11.4 Å². The molecule has 1 aliphatic carbocycles. The number of nitrogens with two attached hydrogens (primary N) is 1. The second kappa shape index (κ2) is 7.09. The summed E-state index contributed by atoms with van der Waals surface area (Å²) in [5.74, 6) is 0. The van der Waals surface area contributed by atoms with Gasteiger partial charge < -0.3 is 4.55 Å². The Balaban J connectivity index is 0.000000134. The Morgan fingerprint density at radius 3 is 2.56 bits per heavy atom.